The van der Waals surface area contributed by atoms with Gasteiger partial charge in [0.05, 0.1) is 24.2 Å². The van der Waals surface area contributed by atoms with Crippen LogP contribution in [0.1, 0.15) is 33.6 Å². The van der Waals surface area contributed by atoms with Crippen molar-refractivity contribution in [1.82, 2.24) is 9.78 Å². The van der Waals surface area contributed by atoms with Crippen LogP contribution in [-0.4, -0.2) is 35.1 Å². The molecule has 27 heavy (non-hydrogen) atoms. The molecule has 1 aliphatic heterocycles. The van der Waals surface area contributed by atoms with Gasteiger partial charge in [-0.2, -0.15) is 9.78 Å². The molecule has 0 aliphatic carbocycles. The quantitative estimate of drug-likeness (QED) is 0.837. The van der Waals surface area contributed by atoms with Crippen LogP contribution in [0.3, 0.4) is 0 Å². The minimum absolute atomic E-state index is 0.136. The number of aromatic nitrogens is 2. The zero-order valence-electron chi connectivity index (χ0n) is 16.0. The molecule has 1 aromatic carbocycles. The number of anilines is 1. The summed E-state index contributed by atoms with van der Waals surface area (Å²) in [5.41, 5.74) is 0.550. The van der Waals surface area contributed by atoms with Gasteiger partial charge < -0.3 is 14.8 Å². The van der Waals surface area contributed by atoms with Crippen molar-refractivity contribution in [2.75, 3.05) is 25.1 Å². The third-order valence-corrected chi connectivity index (χ3v) is 4.63. The molecule has 1 fully saturated rings. The molecule has 3 rings (SSSR count). The summed E-state index contributed by atoms with van der Waals surface area (Å²) >= 11 is 6.29. The summed E-state index contributed by atoms with van der Waals surface area (Å²) in [4.78, 5) is 12.6. The minimum Gasteiger partial charge on any atom is -0.488 e. The molecule has 2 heterocycles. The van der Waals surface area contributed by atoms with Crippen LogP contribution in [0.5, 0.6) is 5.75 Å². The van der Waals surface area contributed by atoms with Gasteiger partial charge in [0.15, 0.2) is 0 Å². The second-order valence-electron chi connectivity index (χ2n) is 7.76. The first-order valence-electron chi connectivity index (χ1n) is 9.22. The van der Waals surface area contributed by atoms with Crippen molar-refractivity contribution in [3.8, 4) is 11.4 Å². The van der Waals surface area contributed by atoms with E-state index in [0.717, 1.165) is 31.8 Å². The van der Waals surface area contributed by atoms with Gasteiger partial charge in [0.1, 0.15) is 16.4 Å². The van der Waals surface area contributed by atoms with Gasteiger partial charge in [-0.25, -0.2) is 0 Å². The molecule has 1 aliphatic rings. The van der Waals surface area contributed by atoms with Gasteiger partial charge in [-0.1, -0.05) is 11.6 Å². The first-order valence-corrected chi connectivity index (χ1v) is 9.60. The van der Waals surface area contributed by atoms with Crippen LogP contribution >= 0.6 is 11.6 Å². The molecule has 7 heteroatoms. The molecule has 0 bridgehead atoms. The molecular formula is C20H26ClN3O3. The highest BCUT2D eigenvalue weighted by atomic mass is 35.5. The van der Waals surface area contributed by atoms with Crippen molar-refractivity contribution >= 4 is 17.3 Å². The Hall–Kier alpha value is -2.05. The first kappa shape index (κ1) is 19.7. The molecule has 0 amide bonds. The van der Waals surface area contributed by atoms with E-state index in [1.165, 1.54) is 4.68 Å². The molecular weight excluding hydrogens is 366 g/mol. The molecule has 1 saturated heterocycles. The third-order valence-electron chi connectivity index (χ3n) is 4.26. The van der Waals surface area contributed by atoms with Crippen LogP contribution < -0.4 is 15.6 Å². The Balaban J connectivity index is 1.73. The van der Waals surface area contributed by atoms with Crippen molar-refractivity contribution < 1.29 is 9.47 Å². The summed E-state index contributed by atoms with van der Waals surface area (Å²) in [5, 5.41) is 7.63. The molecule has 1 atom stereocenters. The number of nitrogens with one attached hydrogen (secondary N) is 1. The van der Waals surface area contributed by atoms with E-state index in [2.05, 4.69) is 10.4 Å². The molecule has 0 saturated carbocycles. The maximum atomic E-state index is 12.6. The van der Waals surface area contributed by atoms with Crippen molar-refractivity contribution in [2.24, 2.45) is 5.92 Å². The van der Waals surface area contributed by atoms with Crippen LogP contribution in [-0.2, 0) is 4.74 Å². The van der Waals surface area contributed by atoms with Gasteiger partial charge in [0, 0.05) is 13.2 Å². The lowest BCUT2D eigenvalue weighted by atomic mass is 10.0. The summed E-state index contributed by atoms with van der Waals surface area (Å²) in [7, 11) is 0. The van der Waals surface area contributed by atoms with Crippen molar-refractivity contribution in [1.29, 1.82) is 0 Å². The van der Waals surface area contributed by atoms with E-state index in [1.807, 2.05) is 32.9 Å². The SMILES string of the molecule is CC(C)(C)Oc1ccc(-n2ncc(NC[C@@H]3CCCOC3)c(Cl)c2=O)cc1. The van der Waals surface area contributed by atoms with Crippen LogP contribution in [0.25, 0.3) is 5.69 Å². The van der Waals surface area contributed by atoms with E-state index in [0.29, 0.717) is 23.8 Å². The summed E-state index contributed by atoms with van der Waals surface area (Å²) < 4.78 is 12.6. The Labute approximate surface area is 164 Å². The second-order valence-corrected chi connectivity index (χ2v) is 8.14. The zero-order valence-corrected chi connectivity index (χ0v) is 16.8. The zero-order chi connectivity index (χ0) is 19.4. The van der Waals surface area contributed by atoms with Crippen LogP contribution in [0.2, 0.25) is 5.02 Å². The first-order chi connectivity index (χ1) is 12.8. The maximum Gasteiger partial charge on any atom is 0.292 e. The number of benzene rings is 1. The Morgan fingerprint density at radius 3 is 2.70 bits per heavy atom. The Bertz CT molecular complexity index is 822. The third kappa shape index (κ3) is 5.23. The standard InChI is InChI=1S/C20H26ClN3O3/c1-20(2,3)27-16-8-6-15(7-9-16)24-19(25)18(21)17(12-23-24)22-11-14-5-4-10-26-13-14/h6-9,12,14,22H,4-5,10-11,13H2,1-3H3/t14-/m0/s1. The van der Waals surface area contributed by atoms with Gasteiger partial charge >= 0.3 is 0 Å². The summed E-state index contributed by atoms with van der Waals surface area (Å²) in [6.07, 6.45) is 3.76. The number of ether oxygens (including phenoxy) is 2. The lowest BCUT2D eigenvalue weighted by Crippen LogP contribution is -2.27. The van der Waals surface area contributed by atoms with E-state index in [4.69, 9.17) is 21.1 Å². The predicted molar refractivity (Wildman–Crippen MR) is 107 cm³/mol. The van der Waals surface area contributed by atoms with Crippen LogP contribution in [0.4, 0.5) is 5.69 Å². The highest BCUT2D eigenvalue weighted by molar-refractivity contribution is 6.32. The normalized spacial score (nSPS) is 17.6. The highest BCUT2D eigenvalue weighted by Crippen LogP contribution is 2.22. The molecule has 146 valence electrons. The molecule has 1 aromatic heterocycles. The number of nitrogens with zero attached hydrogens (tertiary/aromatic N) is 2. The summed E-state index contributed by atoms with van der Waals surface area (Å²) in [5.74, 6) is 1.16. The lowest BCUT2D eigenvalue weighted by molar-refractivity contribution is 0.0595. The van der Waals surface area contributed by atoms with Gasteiger partial charge in [0.2, 0.25) is 0 Å². The fraction of sp³-hybridized carbons (Fsp3) is 0.500. The van der Waals surface area contributed by atoms with E-state index in [1.54, 1.807) is 18.3 Å². The van der Waals surface area contributed by atoms with Crippen LogP contribution in [0.15, 0.2) is 35.3 Å². The van der Waals surface area contributed by atoms with Crippen molar-refractivity contribution in [2.45, 2.75) is 39.2 Å². The average Bonchev–Trinajstić information content (AvgIpc) is 2.63. The molecule has 6 nitrogen and oxygen atoms in total. The van der Waals surface area contributed by atoms with Crippen LogP contribution in [0, 0.1) is 5.92 Å². The van der Waals surface area contributed by atoms with E-state index < -0.39 is 0 Å². The Morgan fingerprint density at radius 2 is 2.07 bits per heavy atom. The Morgan fingerprint density at radius 1 is 1.33 bits per heavy atom. The van der Waals surface area contributed by atoms with E-state index >= 15 is 0 Å². The number of hydrogen-bond donors (Lipinski definition) is 1. The summed E-state index contributed by atoms with van der Waals surface area (Å²) in [6.45, 7) is 8.23. The largest absolute Gasteiger partial charge is 0.488 e. The smallest absolute Gasteiger partial charge is 0.292 e. The van der Waals surface area contributed by atoms with E-state index in [9.17, 15) is 4.79 Å². The average molecular weight is 392 g/mol. The molecule has 2 aromatic rings. The maximum absolute atomic E-state index is 12.6. The lowest BCUT2D eigenvalue weighted by Gasteiger charge is -2.23. The van der Waals surface area contributed by atoms with Crippen molar-refractivity contribution in [3.05, 3.63) is 45.8 Å². The molecule has 0 unspecified atom stereocenters. The van der Waals surface area contributed by atoms with Gasteiger partial charge in [-0.05, 0) is 63.8 Å². The monoisotopic (exact) mass is 391 g/mol. The van der Waals surface area contributed by atoms with Gasteiger partial charge in [-0.3, -0.25) is 4.79 Å². The fourth-order valence-corrected chi connectivity index (χ4v) is 3.17. The van der Waals surface area contributed by atoms with Gasteiger partial charge in [0.25, 0.3) is 5.56 Å². The number of halogens is 1. The highest BCUT2D eigenvalue weighted by Gasteiger charge is 2.16. The fourth-order valence-electron chi connectivity index (χ4n) is 2.97. The molecule has 0 radical (unpaired) electrons. The topological polar surface area (TPSA) is 65.4 Å². The molecule has 0 spiro atoms. The minimum atomic E-state index is -0.356. The number of hydrogen-bond acceptors (Lipinski definition) is 5. The Kier molecular flexibility index (Phi) is 6.07. The molecule has 1 N–H and O–H groups in total. The van der Waals surface area contributed by atoms with E-state index in [-0.39, 0.29) is 16.2 Å². The van der Waals surface area contributed by atoms with Crippen molar-refractivity contribution in [3.63, 3.8) is 0 Å². The summed E-state index contributed by atoms with van der Waals surface area (Å²) in [6, 6.07) is 7.21. The number of rotatable bonds is 5. The second kappa shape index (κ2) is 8.31. The van der Waals surface area contributed by atoms with Gasteiger partial charge in [-0.15, -0.1) is 0 Å². The predicted octanol–water partition coefficient (Wildman–Crippen LogP) is 3.90.